The molecule has 1 aromatic carbocycles. The van der Waals surface area contributed by atoms with Gasteiger partial charge in [-0.25, -0.2) is 10.2 Å². The monoisotopic (exact) mass is 385 g/mol. The van der Waals surface area contributed by atoms with Crippen LogP contribution in [-0.4, -0.2) is 29.6 Å². The van der Waals surface area contributed by atoms with Crippen molar-refractivity contribution in [2.24, 2.45) is 5.10 Å². The number of esters is 1. The molecule has 0 aliphatic carbocycles. The average molecular weight is 386 g/mol. The van der Waals surface area contributed by atoms with Crippen molar-refractivity contribution in [1.82, 2.24) is 10.7 Å². The number of nitrogens with one attached hydrogen (secondary N) is 2. The van der Waals surface area contributed by atoms with Crippen molar-refractivity contribution in [1.29, 1.82) is 0 Å². The second-order valence-corrected chi connectivity index (χ2v) is 6.38. The minimum absolute atomic E-state index is 0.0769. The molecule has 0 fully saturated rings. The molecule has 1 aliphatic heterocycles. The van der Waals surface area contributed by atoms with Crippen molar-refractivity contribution >= 4 is 46.7 Å². The molecule has 0 saturated carbocycles. The summed E-state index contributed by atoms with van der Waals surface area (Å²) in [6.07, 6.45) is -0.697. The van der Waals surface area contributed by atoms with Gasteiger partial charge in [0.05, 0.1) is 6.04 Å². The summed E-state index contributed by atoms with van der Waals surface area (Å²) in [4.78, 5) is 35.2. The van der Waals surface area contributed by atoms with E-state index in [0.717, 1.165) is 0 Å². The van der Waals surface area contributed by atoms with Gasteiger partial charge in [0.1, 0.15) is 5.71 Å². The third kappa shape index (κ3) is 5.17. The number of rotatable bonds is 5. The zero-order valence-electron chi connectivity index (χ0n) is 13.6. The molecule has 134 valence electrons. The predicted molar refractivity (Wildman–Crippen MR) is 93.4 cm³/mol. The van der Waals surface area contributed by atoms with E-state index in [1.54, 1.807) is 25.1 Å². The van der Waals surface area contributed by atoms with E-state index in [0.29, 0.717) is 15.6 Å². The Labute approximate surface area is 154 Å². The molecule has 2 amide bonds. The first-order valence-electron chi connectivity index (χ1n) is 7.59. The highest BCUT2D eigenvalue weighted by Crippen LogP contribution is 2.26. The molecule has 9 heteroatoms. The third-order valence-electron chi connectivity index (χ3n) is 3.58. The zero-order valence-corrected chi connectivity index (χ0v) is 15.1. The summed E-state index contributed by atoms with van der Waals surface area (Å²) in [5, 5.41) is 7.27. The Bertz CT molecular complexity index is 736. The maximum atomic E-state index is 12.2. The van der Waals surface area contributed by atoms with E-state index < -0.39 is 24.0 Å². The minimum Gasteiger partial charge on any atom is -0.448 e. The summed E-state index contributed by atoms with van der Waals surface area (Å²) in [6, 6.07) is 4.57. The van der Waals surface area contributed by atoms with Crippen molar-refractivity contribution in [3.8, 4) is 0 Å². The van der Waals surface area contributed by atoms with Crippen LogP contribution in [0.1, 0.15) is 38.3 Å². The first-order valence-corrected chi connectivity index (χ1v) is 8.35. The molecule has 1 aromatic rings. The number of amides is 2. The van der Waals surface area contributed by atoms with Gasteiger partial charge in [-0.05, 0) is 31.5 Å². The highest BCUT2D eigenvalue weighted by Gasteiger charge is 2.25. The Morgan fingerprint density at radius 1 is 1.28 bits per heavy atom. The van der Waals surface area contributed by atoms with E-state index in [9.17, 15) is 14.4 Å². The number of ether oxygens (including phenoxy) is 1. The number of benzene rings is 1. The fourth-order valence-corrected chi connectivity index (χ4v) is 2.74. The molecule has 0 aromatic heterocycles. The normalized spacial score (nSPS) is 16.3. The van der Waals surface area contributed by atoms with E-state index in [4.69, 9.17) is 27.9 Å². The van der Waals surface area contributed by atoms with Gasteiger partial charge in [0, 0.05) is 22.9 Å². The molecule has 7 nitrogen and oxygen atoms in total. The fraction of sp³-hybridized carbons (Fsp3) is 0.375. The number of halogens is 2. The van der Waals surface area contributed by atoms with E-state index in [2.05, 4.69) is 15.8 Å². The molecule has 0 bridgehead atoms. The van der Waals surface area contributed by atoms with Crippen LogP contribution in [0.4, 0.5) is 0 Å². The molecule has 1 aliphatic rings. The average Bonchev–Trinajstić information content (AvgIpc) is 2.55. The van der Waals surface area contributed by atoms with Crippen molar-refractivity contribution in [2.75, 3.05) is 0 Å². The molecular weight excluding hydrogens is 369 g/mol. The maximum Gasteiger partial charge on any atom is 0.355 e. The molecule has 2 N–H and O–H groups in total. The van der Waals surface area contributed by atoms with E-state index in [-0.39, 0.29) is 24.5 Å². The summed E-state index contributed by atoms with van der Waals surface area (Å²) in [5.41, 5.74) is 2.97. The van der Waals surface area contributed by atoms with Gasteiger partial charge in [-0.2, -0.15) is 5.10 Å². The third-order valence-corrected chi connectivity index (χ3v) is 4.14. The molecule has 0 spiro atoms. The van der Waals surface area contributed by atoms with Gasteiger partial charge in [0.15, 0.2) is 6.10 Å². The first-order chi connectivity index (χ1) is 11.8. The van der Waals surface area contributed by atoms with Crippen LogP contribution < -0.4 is 10.7 Å². The van der Waals surface area contributed by atoms with Crippen molar-refractivity contribution in [2.45, 2.75) is 38.8 Å². The van der Waals surface area contributed by atoms with Crippen LogP contribution in [0, 0.1) is 0 Å². The standard InChI is InChI=1S/C16H17Cl2N3O4/c1-8(11-4-3-10(17)7-12(11)18)19-15(23)9(2)25-16(24)13-5-6-14(22)21-20-13/h3-4,7-9H,5-6H2,1-2H3,(H,19,23)(H,21,22)/t8-,9+/m1/s1. The Morgan fingerprint density at radius 3 is 2.60 bits per heavy atom. The number of nitrogens with zero attached hydrogens (tertiary/aromatic N) is 1. The SMILES string of the molecule is C[C@H](OC(=O)C1=NNC(=O)CC1)C(=O)N[C@H](C)c1ccc(Cl)cc1Cl. The lowest BCUT2D eigenvalue weighted by molar-refractivity contribution is -0.149. The maximum absolute atomic E-state index is 12.2. The highest BCUT2D eigenvalue weighted by molar-refractivity contribution is 6.37. The van der Waals surface area contributed by atoms with E-state index in [1.165, 1.54) is 6.92 Å². The Hall–Kier alpha value is -2.12. The summed E-state index contributed by atoms with van der Waals surface area (Å²) in [6.45, 7) is 3.20. The molecule has 0 radical (unpaired) electrons. The van der Waals surface area contributed by atoms with Gasteiger partial charge >= 0.3 is 5.97 Å². The predicted octanol–water partition coefficient (Wildman–Crippen LogP) is 2.37. The summed E-state index contributed by atoms with van der Waals surface area (Å²) >= 11 is 12.0. The first kappa shape index (κ1) is 19.2. The second-order valence-electron chi connectivity index (χ2n) is 5.54. The summed E-state index contributed by atoms with van der Waals surface area (Å²) < 4.78 is 5.09. The largest absolute Gasteiger partial charge is 0.448 e. The number of hydrogen-bond acceptors (Lipinski definition) is 5. The van der Waals surface area contributed by atoms with Crippen LogP contribution in [0.2, 0.25) is 10.0 Å². The lowest BCUT2D eigenvalue weighted by Gasteiger charge is -2.20. The Morgan fingerprint density at radius 2 is 2.00 bits per heavy atom. The highest BCUT2D eigenvalue weighted by atomic mass is 35.5. The number of carbonyl (C=O) groups excluding carboxylic acids is 3. The lowest BCUT2D eigenvalue weighted by Crippen LogP contribution is -2.39. The molecule has 2 rings (SSSR count). The van der Waals surface area contributed by atoms with E-state index >= 15 is 0 Å². The molecule has 2 atom stereocenters. The van der Waals surface area contributed by atoms with Crippen LogP contribution in [0.15, 0.2) is 23.3 Å². The van der Waals surface area contributed by atoms with Gasteiger partial charge in [-0.3, -0.25) is 9.59 Å². The van der Waals surface area contributed by atoms with Gasteiger partial charge in [0.25, 0.3) is 5.91 Å². The minimum atomic E-state index is -1.03. The van der Waals surface area contributed by atoms with Crippen LogP contribution >= 0.6 is 23.2 Å². The van der Waals surface area contributed by atoms with Gasteiger partial charge in [-0.15, -0.1) is 0 Å². The molecule has 0 saturated heterocycles. The fourth-order valence-electron chi connectivity index (χ4n) is 2.16. The Balaban J connectivity index is 1.93. The van der Waals surface area contributed by atoms with Crippen LogP contribution in [0.25, 0.3) is 0 Å². The van der Waals surface area contributed by atoms with Crippen molar-refractivity contribution in [3.63, 3.8) is 0 Å². The number of hydrazone groups is 1. The smallest absolute Gasteiger partial charge is 0.355 e. The molecule has 25 heavy (non-hydrogen) atoms. The van der Waals surface area contributed by atoms with E-state index in [1.807, 2.05) is 0 Å². The lowest BCUT2D eigenvalue weighted by atomic mass is 10.1. The molecular formula is C16H17Cl2N3O4. The van der Waals surface area contributed by atoms with Crippen molar-refractivity contribution in [3.05, 3.63) is 33.8 Å². The second kappa shape index (κ2) is 8.31. The van der Waals surface area contributed by atoms with Gasteiger partial charge in [0.2, 0.25) is 5.91 Å². The van der Waals surface area contributed by atoms with Gasteiger partial charge < -0.3 is 10.1 Å². The summed E-state index contributed by atoms with van der Waals surface area (Å²) in [5.74, 6) is -1.48. The van der Waals surface area contributed by atoms with Crippen molar-refractivity contribution < 1.29 is 19.1 Å². The van der Waals surface area contributed by atoms with Crippen LogP contribution in [0.3, 0.4) is 0 Å². The molecule has 0 unspecified atom stereocenters. The quantitative estimate of drug-likeness (QED) is 0.760. The number of hydrogen-bond donors (Lipinski definition) is 2. The number of carbonyl (C=O) groups is 3. The van der Waals surface area contributed by atoms with Crippen LogP contribution in [-0.2, 0) is 19.1 Å². The van der Waals surface area contributed by atoms with Gasteiger partial charge in [-0.1, -0.05) is 29.3 Å². The van der Waals surface area contributed by atoms with Crippen LogP contribution in [0.5, 0.6) is 0 Å². The zero-order chi connectivity index (χ0) is 18.6. The summed E-state index contributed by atoms with van der Waals surface area (Å²) in [7, 11) is 0. The molecule has 1 heterocycles. The topological polar surface area (TPSA) is 96.9 Å². The Kier molecular flexibility index (Phi) is 6.39.